The quantitative estimate of drug-likeness (QED) is 0.164. The van der Waals surface area contributed by atoms with Crippen molar-refractivity contribution in [3.63, 3.8) is 0 Å². The standard InChI is InChI=1S/C27H27N7O4.6K/c1-32-10-4-5-19(32)16-38-20-7-8-21-22(15-33(2)24(21)12-20)26-17(13-28)14-29-27(31-26)30-23-11-18(34(35)36)6-9-25(23)37-3;;;;;;/h6-9,11-12,14-15,19H,4-5,10,16H2,1-3H3,(H,29,30,31);;;;;;. The molecule has 4 aromatic rings. The first-order valence-corrected chi connectivity index (χ1v) is 63.2. The number of rotatable bonds is 8. The number of aryl methyl sites for hydroxylation is 1. The topological polar surface area (TPSA) is 131 Å². The number of nitriles is 1. The molecule has 1 aliphatic rings. The molecule has 0 bridgehead atoms. The van der Waals surface area contributed by atoms with Crippen LogP contribution in [0.2, 0.25) is 0 Å². The number of hydrogen-bond acceptors (Lipinski definition) is 9. The Hall–Kier alpha value is 5.13. The molecule has 0 aliphatic carbocycles. The maximum atomic E-state index is 11.3. The van der Waals surface area contributed by atoms with Crippen molar-refractivity contribution in [2.75, 3.05) is 32.6 Å². The van der Waals surface area contributed by atoms with E-state index in [0.717, 1.165) is 35.2 Å². The second-order valence-corrected chi connectivity index (χ2v) is 9.25. The molecule has 1 unspecified atom stereocenters. The second kappa shape index (κ2) is 25.2. The number of likely N-dealkylation sites (tertiary alicyclic amines) is 1. The first-order valence-electron chi connectivity index (χ1n) is 15.2. The van der Waals surface area contributed by atoms with Gasteiger partial charge in [-0.2, -0.15) is 5.26 Å². The van der Waals surface area contributed by atoms with E-state index in [4.69, 9.17) is 9.47 Å². The molecule has 3 heterocycles. The summed E-state index contributed by atoms with van der Waals surface area (Å²) in [7, 11) is 5.53. The number of nitro benzene ring substituents is 1. The Morgan fingerprint density at radius 1 is 1.14 bits per heavy atom. The van der Waals surface area contributed by atoms with Gasteiger partial charge in [-0.15, -0.1) is 0 Å². The van der Waals surface area contributed by atoms with Crippen LogP contribution < -0.4 is 14.8 Å². The Morgan fingerprint density at radius 2 is 1.86 bits per heavy atom. The number of methoxy groups -OCH3 is 1. The Morgan fingerprint density at radius 3 is 2.48 bits per heavy atom. The summed E-state index contributed by atoms with van der Waals surface area (Å²) in [5, 5.41) is 24.9. The summed E-state index contributed by atoms with van der Waals surface area (Å²) in [5.74, 6) is 1.36. The number of hydrogen-bond donors (Lipinski definition) is 1. The molecule has 17 heteroatoms. The van der Waals surface area contributed by atoms with Crippen molar-refractivity contribution in [1.82, 2.24) is 19.4 Å². The number of ether oxygens (including phenoxy) is 2. The number of nitro groups is 1. The number of non-ortho nitro benzene ring substituents is 1. The molecule has 0 amide bonds. The van der Waals surface area contributed by atoms with Crippen LogP contribution in [0.1, 0.15) is 18.4 Å². The van der Waals surface area contributed by atoms with E-state index < -0.39 is 4.92 Å². The van der Waals surface area contributed by atoms with E-state index in [1.165, 1.54) is 227 Å². The summed E-state index contributed by atoms with van der Waals surface area (Å²) in [6, 6.07) is 12.7. The number of nitrogens with zero attached hydrogens (tertiary/aromatic N) is 6. The number of anilines is 2. The number of nitrogens with one attached hydrogen (secondary N) is 1. The summed E-state index contributed by atoms with van der Waals surface area (Å²) in [5.41, 5.74) is 2.69. The van der Waals surface area contributed by atoms with Crippen molar-refractivity contribution >= 4 is 218 Å². The average molecular weight is 748 g/mol. The zero-order valence-corrected chi connectivity index (χ0v) is 46.1. The molecule has 1 N–H and O–H groups in total. The molecule has 0 saturated carbocycles. The monoisotopic (exact) mass is 747 g/mol. The van der Waals surface area contributed by atoms with Crippen LogP contribution in [0.5, 0.6) is 11.5 Å². The van der Waals surface area contributed by atoms with Gasteiger partial charge in [0.2, 0.25) is 5.95 Å². The van der Waals surface area contributed by atoms with Crippen molar-refractivity contribution < 1.29 is 14.4 Å². The fourth-order valence-corrected chi connectivity index (χ4v) is 4.78. The maximum absolute atomic E-state index is 11.3. The van der Waals surface area contributed by atoms with Gasteiger partial charge in [-0.05, 0) is 44.6 Å². The molecule has 11 nitrogen and oxygen atoms in total. The zero-order valence-electron chi connectivity index (χ0n) is 27.3. The molecular formula is C27H27K6N7O4. The fourth-order valence-electron chi connectivity index (χ4n) is 4.78. The van der Waals surface area contributed by atoms with Crippen LogP contribution in [-0.2, 0) is 7.05 Å². The van der Waals surface area contributed by atoms with Crippen LogP contribution in [0.3, 0.4) is 0 Å². The molecule has 1 saturated heterocycles. The molecule has 0 radical (unpaired) electrons. The molecule has 1 aliphatic heterocycles. The summed E-state index contributed by atoms with van der Waals surface area (Å²) < 4.78 is 13.4. The summed E-state index contributed by atoms with van der Waals surface area (Å²) in [4.78, 5) is 22.0. The van der Waals surface area contributed by atoms with Crippen molar-refractivity contribution in [1.29, 1.82) is 5.26 Å². The minimum absolute atomic E-state index is 0.103. The van der Waals surface area contributed by atoms with Crippen LogP contribution in [0.25, 0.3) is 22.2 Å². The van der Waals surface area contributed by atoms with Gasteiger partial charge in [-0.25, -0.2) is 9.97 Å². The summed E-state index contributed by atoms with van der Waals surface area (Å²) >= 11 is 7.50. The first-order chi connectivity index (χ1) is 21.4. The van der Waals surface area contributed by atoms with E-state index in [-0.39, 0.29) is 11.6 Å². The molecule has 2 aromatic carbocycles. The predicted octanol–water partition coefficient (Wildman–Crippen LogP) is 2.36. The number of fused-ring (bicyclic) bond motifs is 1. The third-order valence-electron chi connectivity index (χ3n) is 6.88. The third-order valence-corrected chi connectivity index (χ3v) is 6.88. The van der Waals surface area contributed by atoms with Crippen LogP contribution in [0.4, 0.5) is 17.3 Å². The molecule has 5 rings (SSSR count). The van der Waals surface area contributed by atoms with Gasteiger partial charge in [-0.1, -0.05) is 0 Å². The van der Waals surface area contributed by atoms with Crippen molar-refractivity contribution in [3.8, 4) is 28.8 Å². The van der Waals surface area contributed by atoms with E-state index >= 15 is 0 Å². The van der Waals surface area contributed by atoms with Crippen molar-refractivity contribution in [3.05, 3.63) is 64.5 Å². The van der Waals surface area contributed by atoms with Gasteiger partial charge in [0.05, 0.1) is 40.7 Å². The third kappa shape index (κ3) is 13.2. The van der Waals surface area contributed by atoms with Gasteiger partial charge in [0.25, 0.3) is 5.69 Å². The van der Waals surface area contributed by atoms with Crippen molar-refractivity contribution in [2.45, 2.75) is 18.9 Å². The van der Waals surface area contributed by atoms with Gasteiger partial charge >= 0.3 is 189 Å². The first kappa shape index (κ1) is 45.3. The molecular weight excluding hydrogens is 721 g/mol. The fraction of sp³-hybridized carbons (Fsp3) is 0.296. The molecule has 1 atom stereocenters. The van der Waals surface area contributed by atoms with Crippen LogP contribution in [0, 0.1) is 21.4 Å². The van der Waals surface area contributed by atoms with E-state index in [1.807, 2.05) is 36.0 Å². The normalized spacial score (nSPS) is 13.8. The predicted molar refractivity (Wildman–Crippen MR) is 177 cm³/mol. The molecule has 1 fully saturated rings. The summed E-state index contributed by atoms with van der Waals surface area (Å²) in [6.45, 7) is 1.74. The minimum atomic E-state index is -0.490. The molecule has 200 valence electrons. The number of likely N-dealkylation sites (N-methyl/N-ethyl adjacent to an activating group) is 1. The van der Waals surface area contributed by atoms with E-state index in [2.05, 4.69) is 33.3 Å². The van der Waals surface area contributed by atoms with Gasteiger partial charge in [0.1, 0.15) is 24.2 Å². The van der Waals surface area contributed by atoms with E-state index in [1.54, 1.807) is 0 Å². The van der Waals surface area contributed by atoms with Gasteiger partial charge in [0, 0.05) is 48.4 Å². The van der Waals surface area contributed by atoms with Crippen LogP contribution >= 0.6 is 0 Å². The van der Waals surface area contributed by atoms with Crippen LogP contribution in [-0.4, -0.2) is 247 Å². The van der Waals surface area contributed by atoms with Gasteiger partial charge < -0.3 is 24.3 Å². The number of aromatic nitrogens is 3. The number of benzene rings is 2. The SMILES string of the molecule is COc1ccc([N+](=O)[O-])cc1Nc1ncc(C#N)c(-c2cn(C)c3cc(OCC4CCCN4C)ccc23)n1.[K][K].[K][K].[K][K]. The Bertz CT molecular complexity index is 1580. The Balaban J connectivity index is 0.00000106. The molecule has 44 heavy (non-hydrogen) atoms. The van der Waals surface area contributed by atoms with E-state index in [0.29, 0.717) is 35.3 Å². The van der Waals surface area contributed by atoms with E-state index in [9.17, 15) is 15.4 Å². The average Bonchev–Trinajstić information content (AvgIpc) is 3.64. The Kier molecular flexibility index (Phi) is 25.9. The van der Waals surface area contributed by atoms with Gasteiger partial charge in [0.15, 0.2) is 0 Å². The Labute approximate surface area is 394 Å². The zero-order chi connectivity index (χ0) is 32.8. The second-order valence-electron chi connectivity index (χ2n) is 9.25. The molecule has 0 spiro atoms. The molecule has 2 aromatic heterocycles. The summed E-state index contributed by atoms with van der Waals surface area (Å²) in [6.07, 6.45) is 5.68. The van der Waals surface area contributed by atoms with Crippen molar-refractivity contribution in [2.24, 2.45) is 7.05 Å². The van der Waals surface area contributed by atoms with Crippen LogP contribution in [0.15, 0.2) is 48.8 Å². The van der Waals surface area contributed by atoms with Gasteiger partial charge in [-0.3, -0.25) is 10.1 Å².